The van der Waals surface area contributed by atoms with Crippen molar-refractivity contribution in [2.45, 2.75) is 32.6 Å². The molecule has 0 aliphatic rings. The highest BCUT2D eigenvalue weighted by Crippen LogP contribution is 2.07. The maximum atomic E-state index is 5.53. The topological polar surface area (TPSA) is 77.8 Å². The first-order valence-electron chi connectivity index (χ1n) is 4.61. The zero-order valence-electron chi connectivity index (χ0n) is 7.95. The van der Waals surface area contributed by atoms with Crippen LogP contribution in [0.2, 0.25) is 0 Å². The van der Waals surface area contributed by atoms with E-state index >= 15 is 0 Å². The fourth-order valence-electron chi connectivity index (χ4n) is 1.18. The van der Waals surface area contributed by atoms with Crippen LogP contribution in [0.15, 0.2) is 6.07 Å². The summed E-state index contributed by atoms with van der Waals surface area (Å²) in [5.41, 5.74) is 11.1. The van der Waals surface area contributed by atoms with E-state index in [4.69, 9.17) is 11.5 Å². The molecule has 0 fully saturated rings. The number of hydrogen-bond acceptors (Lipinski definition) is 4. The van der Waals surface area contributed by atoms with Gasteiger partial charge in [-0.1, -0.05) is 19.8 Å². The maximum Gasteiger partial charge on any atom is 0.133 e. The van der Waals surface area contributed by atoms with Crippen LogP contribution < -0.4 is 11.5 Å². The maximum absolute atomic E-state index is 5.53. The minimum absolute atomic E-state index is 0.457. The number of nitrogens with zero attached hydrogens (tertiary/aromatic N) is 2. The SMILES string of the molecule is CCCCCc1nc(N)cc(N)n1. The molecule has 0 radical (unpaired) electrons. The fourth-order valence-corrected chi connectivity index (χ4v) is 1.18. The Morgan fingerprint density at radius 1 is 1.15 bits per heavy atom. The van der Waals surface area contributed by atoms with Crippen LogP contribution in [0.4, 0.5) is 11.6 Å². The number of nitrogens with two attached hydrogens (primary N) is 2. The Kier molecular flexibility index (Phi) is 3.49. The van der Waals surface area contributed by atoms with E-state index in [1.165, 1.54) is 12.8 Å². The van der Waals surface area contributed by atoms with Crippen molar-refractivity contribution >= 4 is 11.6 Å². The van der Waals surface area contributed by atoms with E-state index in [2.05, 4.69) is 16.9 Å². The van der Waals surface area contributed by atoms with E-state index < -0.39 is 0 Å². The highest BCUT2D eigenvalue weighted by Gasteiger charge is 1.99. The minimum atomic E-state index is 0.457. The van der Waals surface area contributed by atoms with Gasteiger partial charge in [0.2, 0.25) is 0 Å². The second kappa shape index (κ2) is 4.64. The summed E-state index contributed by atoms with van der Waals surface area (Å²) in [7, 11) is 0. The molecule has 72 valence electrons. The van der Waals surface area contributed by atoms with Gasteiger partial charge in [0.1, 0.15) is 17.5 Å². The quantitative estimate of drug-likeness (QED) is 0.686. The largest absolute Gasteiger partial charge is 0.384 e. The highest BCUT2D eigenvalue weighted by molar-refractivity contribution is 5.40. The lowest BCUT2D eigenvalue weighted by molar-refractivity contribution is 0.695. The molecule has 1 rings (SSSR count). The van der Waals surface area contributed by atoms with Crippen LogP contribution in [-0.2, 0) is 6.42 Å². The summed E-state index contributed by atoms with van der Waals surface area (Å²) in [6.45, 7) is 2.16. The van der Waals surface area contributed by atoms with Gasteiger partial charge in [-0.25, -0.2) is 9.97 Å². The summed E-state index contributed by atoms with van der Waals surface area (Å²) in [5.74, 6) is 1.67. The molecule has 13 heavy (non-hydrogen) atoms. The van der Waals surface area contributed by atoms with E-state index in [9.17, 15) is 0 Å². The zero-order valence-corrected chi connectivity index (χ0v) is 7.95. The molecule has 1 aromatic heterocycles. The molecule has 4 N–H and O–H groups in total. The van der Waals surface area contributed by atoms with Gasteiger partial charge in [0, 0.05) is 12.5 Å². The lowest BCUT2D eigenvalue weighted by Crippen LogP contribution is -2.03. The normalized spacial score (nSPS) is 10.2. The molecule has 0 saturated heterocycles. The van der Waals surface area contributed by atoms with Gasteiger partial charge in [-0.3, -0.25) is 0 Å². The van der Waals surface area contributed by atoms with Gasteiger partial charge in [-0.2, -0.15) is 0 Å². The van der Waals surface area contributed by atoms with Crippen LogP contribution in [0.3, 0.4) is 0 Å². The molecule has 4 heteroatoms. The van der Waals surface area contributed by atoms with Gasteiger partial charge in [0.05, 0.1) is 0 Å². The Hall–Kier alpha value is -1.32. The third-order valence-corrected chi connectivity index (χ3v) is 1.82. The molecule has 0 bridgehead atoms. The van der Waals surface area contributed by atoms with Crippen molar-refractivity contribution in [2.75, 3.05) is 11.5 Å². The van der Waals surface area contributed by atoms with Gasteiger partial charge in [0.25, 0.3) is 0 Å². The van der Waals surface area contributed by atoms with Gasteiger partial charge >= 0.3 is 0 Å². The lowest BCUT2D eigenvalue weighted by Gasteiger charge is -2.01. The number of anilines is 2. The number of unbranched alkanes of at least 4 members (excludes halogenated alkanes) is 2. The zero-order chi connectivity index (χ0) is 9.68. The predicted molar refractivity (Wildman–Crippen MR) is 54.1 cm³/mol. The lowest BCUT2D eigenvalue weighted by atomic mass is 10.2. The van der Waals surface area contributed by atoms with Crippen molar-refractivity contribution in [1.29, 1.82) is 0 Å². The molecule has 0 saturated carbocycles. The van der Waals surface area contributed by atoms with Crippen LogP contribution in [0, 0.1) is 0 Å². The Labute approximate surface area is 78.4 Å². The molecule has 0 atom stereocenters. The second-order valence-corrected chi connectivity index (χ2v) is 3.09. The average Bonchev–Trinajstić information content (AvgIpc) is 2.03. The van der Waals surface area contributed by atoms with Crippen molar-refractivity contribution in [3.05, 3.63) is 11.9 Å². The van der Waals surface area contributed by atoms with Crippen LogP contribution in [0.5, 0.6) is 0 Å². The first-order chi connectivity index (χ1) is 6.22. The number of rotatable bonds is 4. The Morgan fingerprint density at radius 3 is 2.31 bits per heavy atom. The van der Waals surface area contributed by atoms with Crippen molar-refractivity contribution in [3.8, 4) is 0 Å². The Balaban J connectivity index is 2.56. The molecule has 0 amide bonds. The number of aryl methyl sites for hydroxylation is 1. The van der Waals surface area contributed by atoms with Crippen LogP contribution in [-0.4, -0.2) is 9.97 Å². The molecule has 1 heterocycles. The molecular formula is C9H16N4. The first-order valence-corrected chi connectivity index (χ1v) is 4.61. The van der Waals surface area contributed by atoms with Gasteiger partial charge < -0.3 is 11.5 Å². The number of aromatic nitrogens is 2. The average molecular weight is 180 g/mol. The van der Waals surface area contributed by atoms with E-state index in [0.29, 0.717) is 11.6 Å². The Morgan fingerprint density at radius 2 is 1.77 bits per heavy atom. The molecule has 1 aromatic rings. The van der Waals surface area contributed by atoms with Crippen molar-refractivity contribution in [3.63, 3.8) is 0 Å². The summed E-state index contributed by atoms with van der Waals surface area (Å²) in [6, 6.07) is 1.57. The van der Waals surface area contributed by atoms with Crippen molar-refractivity contribution in [1.82, 2.24) is 9.97 Å². The molecule has 0 unspecified atom stereocenters. The Bertz CT molecular complexity index is 252. The predicted octanol–water partition coefficient (Wildman–Crippen LogP) is 1.37. The third-order valence-electron chi connectivity index (χ3n) is 1.82. The smallest absolute Gasteiger partial charge is 0.133 e. The summed E-state index contributed by atoms with van der Waals surface area (Å²) >= 11 is 0. The van der Waals surface area contributed by atoms with Crippen LogP contribution >= 0.6 is 0 Å². The van der Waals surface area contributed by atoms with Gasteiger partial charge in [-0.15, -0.1) is 0 Å². The second-order valence-electron chi connectivity index (χ2n) is 3.09. The minimum Gasteiger partial charge on any atom is -0.384 e. The first kappa shape index (κ1) is 9.77. The fraction of sp³-hybridized carbons (Fsp3) is 0.556. The molecular weight excluding hydrogens is 164 g/mol. The molecule has 0 aliphatic heterocycles. The van der Waals surface area contributed by atoms with Crippen molar-refractivity contribution in [2.24, 2.45) is 0 Å². The molecule has 0 aliphatic carbocycles. The monoisotopic (exact) mass is 180 g/mol. The van der Waals surface area contributed by atoms with Crippen LogP contribution in [0.1, 0.15) is 32.0 Å². The summed E-state index contributed by atoms with van der Waals surface area (Å²) in [5, 5.41) is 0. The van der Waals surface area contributed by atoms with E-state index in [0.717, 1.165) is 18.7 Å². The van der Waals surface area contributed by atoms with Gasteiger partial charge in [0.15, 0.2) is 0 Å². The highest BCUT2D eigenvalue weighted by atomic mass is 15.0. The summed E-state index contributed by atoms with van der Waals surface area (Å²) < 4.78 is 0. The van der Waals surface area contributed by atoms with E-state index in [-0.39, 0.29) is 0 Å². The standard InChI is InChI=1S/C9H16N4/c1-2-3-4-5-9-12-7(10)6-8(11)13-9/h6H,2-5H2,1H3,(H4,10,11,12,13). The number of nitrogen functional groups attached to an aromatic ring is 2. The van der Waals surface area contributed by atoms with Gasteiger partial charge in [-0.05, 0) is 6.42 Å². The third kappa shape index (κ3) is 3.27. The summed E-state index contributed by atoms with van der Waals surface area (Å²) in [6.07, 6.45) is 4.35. The number of hydrogen-bond donors (Lipinski definition) is 2. The van der Waals surface area contributed by atoms with Crippen LogP contribution in [0.25, 0.3) is 0 Å². The molecule has 4 nitrogen and oxygen atoms in total. The van der Waals surface area contributed by atoms with E-state index in [1.807, 2.05) is 0 Å². The molecule has 0 aromatic carbocycles. The summed E-state index contributed by atoms with van der Waals surface area (Å²) in [4.78, 5) is 8.18. The van der Waals surface area contributed by atoms with E-state index in [1.54, 1.807) is 6.07 Å². The molecule has 0 spiro atoms. The van der Waals surface area contributed by atoms with Crippen molar-refractivity contribution < 1.29 is 0 Å².